The SMILES string of the molecule is CCNC(C)C(CC)c1nc(-c2ccncc2C)no1. The van der Waals surface area contributed by atoms with Crippen LogP contribution in [0.15, 0.2) is 23.0 Å². The molecular formula is C15H22N4O. The molecule has 0 saturated heterocycles. The standard InChI is InChI=1S/C15H22N4O/c1-5-12(11(4)17-6-2)15-18-14(19-20-15)13-7-8-16-9-10(13)3/h7-9,11-12,17H,5-6H2,1-4H3. The Morgan fingerprint density at radius 2 is 2.15 bits per heavy atom. The summed E-state index contributed by atoms with van der Waals surface area (Å²) in [5.74, 6) is 1.58. The van der Waals surface area contributed by atoms with Crippen LogP contribution in [0.4, 0.5) is 0 Å². The minimum atomic E-state index is 0.235. The molecular weight excluding hydrogens is 252 g/mol. The predicted octanol–water partition coefficient (Wildman–Crippen LogP) is 2.93. The summed E-state index contributed by atoms with van der Waals surface area (Å²) in [5.41, 5.74) is 2.02. The molecule has 5 heteroatoms. The van der Waals surface area contributed by atoms with Gasteiger partial charge in [-0.2, -0.15) is 4.98 Å². The summed E-state index contributed by atoms with van der Waals surface area (Å²) < 4.78 is 5.47. The summed E-state index contributed by atoms with van der Waals surface area (Å²) >= 11 is 0. The highest BCUT2D eigenvalue weighted by Crippen LogP contribution is 2.25. The first-order valence-corrected chi connectivity index (χ1v) is 7.15. The third-order valence-corrected chi connectivity index (χ3v) is 3.59. The lowest BCUT2D eigenvalue weighted by atomic mass is 9.98. The average Bonchev–Trinajstić information content (AvgIpc) is 2.90. The Morgan fingerprint density at radius 1 is 1.35 bits per heavy atom. The second kappa shape index (κ2) is 6.61. The molecule has 2 heterocycles. The molecule has 0 aliphatic carbocycles. The maximum absolute atomic E-state index is 5.47. The van der Waals surface area contributed by atoms with Gasteiger partial charge in [-0.25, -0.2) is 0 Å². The van der Waals surface area contributed by atoms with Crippen molar-refractivity contribution in [2.75, 3.05) is 6.54 Å². The van der Waals surface area contributed by atoms with Gasteiger partial charge >= 0.3 is 0 Å². The molecule has 2 unspecified atom stereocenters. The Balaban J connectivity index is 2.26. The third kappa shape index (κ3) is 3.04. The zero-order chi connectivity index (χ0) is 14.5. The highest BCUT2D eigenvalue weighted by Gasteiger charge is 2.23. The molecule has 0 saturated carbocycles. The summed E-state index contributed by atoms with van der Waals surface area (Å²) in [4.78, 5) is 8.66. The topological polar surface area (TPSA) is 63.8 Å². The third-order valence-electron chi connectivity index (χ3n) is 3.59. The van der Waals surface area contributed by atoms with Gasteiger partial charge in [-0.1, -0.05) is 19.0 Å². The van der Waals surface area contributed by atoms with Crippen LogP contribution >= 0.6 is 0 Å². The second-order valence-corrected chi connectivity index (χ2v) is 5.01. The Hall–Kier alpha value is -1.75. The van der Waals surface area contributed by atoms with E-state index in [-0.39, 0.29) is 5.92 Å². The lowest BCUT2D eigenvalue weighted by Gasteiger charge is -2.19. The molecule has 2 rings (SSSR count). The molecule has 5 nitrogen and oxygen atoms in total. The number of hydrogen-bond acceptors (Lipinski definition) is 5. The molecule has 0 spiro atoms. The van der Waals surface area contributed by atoms with Crippen molar-refractivity contribution in [2.45, 2.75) is 46.1 Å². The minimum absolute atomic E-state index is 0.235. The van der Waals surface area contributed by atoms with Crippen LogP contribution in [-0.2, 0) is 0 Å². The van der Waals surface area contributed by atoms with E-state index in [4.69, 9.17) is 4.52 Å². The van der Waals surface area contributed by atoms with Gasteiger partial charge in [-0.05, 0) is 38.4 Å². The van der Waals surface area contributed by atoms with Crippen molar-refractivity contribution < 1.29 is 4.52 Å². The van der Waals surface area contributed by atoms with Crippen LogP contribution in [-0.4, -0.2) is 27.7 Å². The van der Waals surface area contributed by atoms with Gasteiger partial charge in [0.25, 0.3) is 0 Å². The van der Waals surface area contributed by atoms with Crippen LogP contribution in [0.25, 0.3) is 11.4 Å². The molecule has 108 valence electrons. The fourth-order valence-corrected chi connectivity index (χ4v) is 2.43. The van der Waals surface area contributed by atoms with Crippen molar-refractivity contribution in [3.8, 4) is 11.4 Å². The van der Waals surface area contributed by atoms with Crippen LogP contribution in [0.5, 0.6) is 0 Å². The first-order chi connectivity index (χ1) is 9.67. The summed E-state index contributed by atoms with van der Waals surface area (Å²) in [6, 6.07) is 2.23. The summed E-state index contributed by atoms with van der Waals surface area (Å²) in [6.45, 7) is 9.32. The van der Waals surface area contributed by atoms with Crippen LogP contribution in [0, 0.1) is 6.92 Å². The Labute approximate surface area is 119 Å². The van der Waals surface area contributed by atoms with Gasteiger partial charge in [0.2, 0.25) is 11.7 Å². The minimum Gasteiger partial charge on any atom is -0.339 e. The van der Waals surface area contributed by atoms with Crippen molar-refractivity contribution in [3.63, 3.8) is 0 Å². The highest BCUT2D eigenvalue weighted by atomic mass is 16.5. The van der Waals surface area contributed by atoms with Crippen molar-refractivity contribution in [1.29, 1.82) is 0 Å². The van der Waals surface area contributed by atoms with Gasteiger partial charge in [0.05, 0.1) is 5.92 Å². The smallest absolute Gasteiger partial charge is 0.231 e. The maximum atomic E-state index is 5.47. The molecule has 0 aliphatic rings. The van der Waals surface area contributed by atoms with Crippen molar-refractivity contribution >= 4 is 0 Å². The highest BCUT2D eigenvalue weighted by molar-refractivity contribution is 5.57. The van der Waals surface area contributed by atoms with Crippen LogP contribution in [0.1, 0.15) is 44.6 Å². The monoisotopic (exact) mass is 274 g/mol. The van der Waals surface area contributed by atoms with Crippen LogP contribution < -0.4 is 5.32 Å². The molecule has 2 atom stereocenters. The number of aromatic nitrogens is 3. The maximum Gasteiger partial charge on any atom is 0.231 e. The van der Waals surface area contributed by atoms with Gasteiger partial charge in [0.15, 0.2) is 0 Å². The van der Waals surface area contributed by atoms with E-state index in [1.807, 2.05) is 19.2 Å². The molecule has 0 fully saturated rings. The fourth-order valence-electron chi connectivity index (χ4n) is 2.43. The van der Waals surface area contributed by atoms with Crippen LogP contribution in [0.2, 0.25) is 0 Å². The van der Waals surface area contributed by atoms with E-state index in [9.17, 15) is 0 Å². The second-order valence-electron chi connectivity index (χ2n) is 5.01. The van der Waals surface area contributed by atoms with Crippen molar-refractivity contribution in [3.05, 3.63) is 29.9 Å². The average molecular weight is 274 g/mol. The van der Waals surface area contributed by atoms with Crippen molar-refractivity contribution in [1.82, 2.24) is 20.4 Å². The summed E-state index contributed by atoms with van der Waals surface area (Å²) in [7, 11) is 0. The van der Waals surface area contributed by atoms with Gasteiger partial charge in [-0.15, -0.1) is 0 Å². The Kier molecular flexibility index (Phi) is 4.84. The number of nitrogens with zero attached hydrogens (tertiary/aromatic N) is 3. The van der Waals surface area contributed by atoms with E-state index >= 15 is 0 Å². The molecule has 2 aromatic heterocycles. The van der Waals surface area contributed by atoms with Gasteiger partial charge in [0.1, 0.15) is 0 Å². The van der Waals surface area contributed by atoms with E-state index in [2.05, 4.69) is 41.2 Å². The van der Waals surface area contributed by atoms with Gasteiger partial charge < -0.3 is 9.84 Å². The molecule has 0 aliphatic heterocycles. The fraction of sp³-hybridized carbons (Fsp3) is 0.533. The normalized spacial score (nSPS) is 14.2. The Bertz CT molecular complexity index is 552. The molecule has 0 bridgehead atoms. The molecule has 2 aromatic rings. The van der Waals surface area contributed by atoms with Crippen LogP contribution in [0.3, 0.4) is 0 Å². The largest absolute Gasteiger partial charge is 0.339 e. The number of hydrogen-bond donors (Lipinski definition) is 1. The van der Waals surface area contributed by atoms with Gasteiger partial charge in [-0.3, -0.25) is 4.98 Å². The number of rotatable bonds is 6. The molecule has 0 amide bonds. The first kappa shape index (κ1) is 14.7. The zero-order valence-corrected chi connectivity index (χ0v) is 12.6. The predicted molar refractivity (Wildman–Crippen MR) is 78.4 cm³/mol. The first-order valence-electron chi connectivity index (χ1n) is 7.15. The zero-order valence-electron chi connectivity index (χ0n) is 12.6. The Morgan fingerprint density at radius 3 is 2.80 bits per heavy atom. The number of nitrogens with one attached hydrogen (secondary N) is 1. The lowest BCUT2D eigenvalue weighted by Crippen LogP contribution is -2.31. The van der Waals surface area contributed by atoms with E-state index in [1.165, 1.54) is 0 Å². The number of likely N-dealkylation sites (N-methyl/N-ethyl adjacent to an activating group) is 1. The molecule has 20 heavy (non-hydrogen) atoms. The van der Waals surface area contributed by atoms with Crippen molar-refractivity contribution in [2.24, 2.45) is 0 Å². The van der Waals surface area contributed by atoms with E-state index in [0.29, 0.717) is 17.8 Å². The van der Waals surface area contributed by atoms with Gasteiger partial charge in [0, 0.05) is 24.0 Å². The number of pyridine rings is 1. The number of aryl methyl sites for hydroxylation is 1. The van der Waals surface area contributed by atoms with E-state index < -0.39 is 0 Å². The summed E-state index contributed by atoms with van der Waals surface area (Å²) in [5, 5.41) is 7.53. The van der Waals surface area contributed by atoms with E-state index in [1.54, 1.807) is 6.20 Å². The molecule has 0 aromatic carbocycles. The van der Waals surface area contributed by atoms with E-state index in [0.717, 1.165) is 24.1 Å². The molecule has 1 N–H and O–H groups in total. The quantitative estimate of drug-likeness (QED) is 0.877. The summed E-state index contributed by atoms with van der Waals surface area (Å²) in [6.07, 6.45) is 4.52. The molecule has 0 radical (unpaired) electrons. The lowest BCUT2D eigenvalue weighted by molar-refractivity contribution is 0.318.